The number of alkyl halides is 3. The third kappa shape index (κ3) is 3.79. The van der Waals surface area contributed by atoms with Crippen molar-refractivity contribution < 1.29 is 18.0 Å². The van der Waals surface area contributed by atoms with Crippen molar-refractivity contribution in [1.29, 1.82) is 0 Å². The molecule has 0 radical (unpaired) electrons. The average molecular weight is 464 g/mol. The van der Waals surface area contributed by atoms with E-state index in [1.807, 2.05) is 13.0 Å². The number of carbonyl (C=O) groups excluding carboxylic acids is 1. The predicted molar refractivity (Wildman–Crippen MR) is 116 cm³/mol. The van der Waals surface area contributed by atoms with Crippen LogP contribution in [0.4, 0.5) is 13.2 Å². The van der Waals surface area contributed by atoms with E-state index in [1.165, 1.54) is 17.4 Å². The summed E-state index contributed by atoms with van der Waals surface area (Å²) in [4.78, 5) is 21.3. The highest BCUT2D eigenvalue weighted by molar-refractivity contribution is 7.15. The number of aromatic nitrogens is 3. The second kappa shape index (κ2) is 7.84. The van der Waals surface area contributed by atoms with Gasteiger partial charge in [0.1, 0.15) is 0 Å². The molecule has 0 aromatic carbocycles. The summed E-state index contributed by atoms with van der Waals surface area (Å²) in [5, 5.41) is 6.97. The number of nitrogens with zero attached hydrogens (tertiary/aromatic N) is 4. The fourth-order valence-corrected chi connectivity index (χ4v) is 5.82. The smallest absolute Gasteiger partial charge is 0.348 e. The van der Waals surface area contributed by atoms with E-state index in [0.717, 1.165) is 47.6 Å². The highest BCUT2D eigenvalue weighted by Gasteiger charge is 2.39. The molecule has 170 valence electrons. The molecular weight excluding hydrogens is 439 g/mol. The van der Waals surface area contributed by atoms with Crippen molar-refractivity contribution in [3.05, 3.63) is 40.5 Å². The third-order valence-corrected chi connectivity index (χ3v) is 7.90. The van der Waals surface area contributed by atoms with Crippen LogP contribution in [0.15, 0.2) is 24.3 Å². The van der Waals surface area contributed by atoms with Crippen molar-refractivity contribution in [2.45, 2.75) is 63.3 Å². The first-order valence-corrected chi connectivity index (χ1v) is 11.6. The van der Waals surface area contributed by atoms with Gasteiger partial charge in [0, 0.05) is 29.1 Å². The van der Waals surface area contributed by atoms with E-state index in [0.29, 0.717) is 17.0 Å². The number of hydrogen-bond donors (Lipinski definition) is 1. The van der Waals surface area contributed by atoms with Crippen molar-refractivity contribution in [3.8, 4) is 10.6 Å². The van der Waals surface area contributed by atoms with Crippen LogP contribution in [0.25, 0.3) is 16.2 Å². The monoisotopic (exact) mass is 463 g/mol. The van der Waals surface area contributed by atoms with E-state index in [9.17, 15) is 18.0 Å². The zero-order valence-corrected chi connectivity index (χ0v) is 18.6. The van der Waals surface area contributed by atoms with Crippen LogP contribution in [-0.2, 0) is 12.6 Å². The lowest BCUT2D eigenvalue weighted by Gasteiger charge is -2.36. The molecule has 10 heteroatoms. The summed E-state index contributed by atoms with van der Waals surface area (Å²) >= 11 is 1.41. The van der Waals surface area contributed by atoms with Gasteiger partial charge in [-0.05, 0) is 57.4 Å². The number of fused-ring (bicyclic) bond motifs is 3. The Balaban J connectivity index is 1.46. The van der Waals surface area contributed by atoms with E-state index >= 15 is 0 Å². The summed E-state index contributed by atoms with van der Waals surface area (Å²) < 4.78 is 42.1. The minimum absolute atomic E-state index is 0.00482. The second-order valence-electron chi connectivity index (χ2n) is 8.64. The van der Waals surface area contributed by atoms with Gasteiger partial charge in [-0.1, -0.05) is 6.92 Å². The zero-order valence-electron chi connectivity index (χ0n) is 17.8. The lowest BCUT2D eigenvalue weighted by atomic mass is 9.98. The Morgan fingerprint density at radius 2 is 1.94 bits per heavy atom. The van der Waals surface area contributed by atoms with Crippen LogP contribution < -0.4 is 5.32 Å². The predicted octanol–water partition coefficient (Wildman–Crippen LogP) is 4.39. The Labute approximate surface area is 187 Å². The summed E-state index contributed by atoms with van der Waals surface area (Å²) in [6.45, 7) is 1.99. The van der Waals surface area contributed by atoms with Gasteiger partial charge in [0.15, 0.2) is 17.0 Å². The molecule has 2 atom stereocenters. The van der Waals surface area contributed by atoms with Crippen LogP contribution in [0.5, 0.6) is 0 Å². The topological polar surface area (TPSA) is 62.5 Å². The lowest BCUT2D eigenvalue weighted by molar-refractivity contribution is -0.142. The number of halogens is 3. The molecular formula is C22H24F3N5OS. The molecule has 6 nitrogen and oxygen atoms in total. The van der Waals surface area contributed by atoms with Gasteiger partial charge >= 0.3 is 6.18 Å². The number of thiophene rings is 1. The number of amides is 1. The maximum Gasteiger partial charge on any atom is 0.433 e. The van der Waals surface area contributed by atoms with Gasteiger partial charge in [-0.25, -0.2) is 9.50 Å². The van der Waals surface area contributed by atoms with Crippen LogP contribution in [0, 0.1) is 0 Å². The third-order valence-electron chi connectivity index (χ3n) is 6.65. The van der Waals surface area contributed by atoms with Crippen LogP contribution >= 0.6 is 11.3 Å². The summed E-state index contributed by atoms with van der Waals surface area (Å²) in [6.07, 6.45) is 0.0985. The SMILES string of the molecule is CCc1ccc(-c2cc(C(F)(F)F)n3nc(C(=O)NC4C[C@H]5CC[C@H](C4)N5C)cc3n2)s1. The van der Waals surface area contributed by atoms with Gasteiger partial charge in [0.2, 0.25) is 0 Å². The van der Waals surface area contributed by atoms with Crippen molar-refractivity contribution in [3.63, 3.8) is 0 Å². The molecule has 2 aliphatic rings. The Morgan fingerprint density at radius 3 is 2.56 bits per heavy atom. The van der Waals surface area contributed by atoms with E-state index in [1.54, 1.807) is 6.07 Å². The molecule has 0 saturated carbocycles. The highest BCUT2D eigenvalue weighted by Crippen LogP contribution is 2.36. The van der Waals surface area contributed by atoms with Crippen molar-refractivity contribution >= 4 is 22.9 Å². The Hall–Kier alpha value is -2.46. The quantitative estimate of drug-likeness (QED) is 0.623. The fourth-order valence-electron chi connectivity index (χ4n) is 4.91. The molecule has 1 amide bonds. The minimum atomic E-state index is -4.63. The first-order valence-electron chi connectivity index (χ1n) is 10.8. The first kappa shape index (κ1) is 21.4. The largest absolute Gasteiger partial charge is 0.433 e. The molecule has 2 bridgehead atoms. The number of carbonyl (C=O) groups is 1. The molecule has 0 aliphatic carbocycles. The Kier molecular flexibility index (Phi) is 5.24. The normalized spacial score (nSPS) is 23.7. The van der Waals surface area contributed by atoms with Gasteiger partial charge in [-0.3, -0.25) is 4.79 Å². The van der Waals surface area contributed by atoms with Gasteiger partial charge < -0.3 is 10.2 Å². The number of piperidine rings is 1. The van der Waals surface area contributed by atoms with Crippen molar-refractivity contribution in [2.24, 2.45) is 0 Å². The van der Waals surface area contributed by atoms with E-state index in [2.05, 4.69) is 27.3 Å². The number of aryl methyl sites for hydroxylation is 1. The highest BCUT2D eigenvalue weighted by atomic mass is 32.1. The van der Waals surface area contributed by atoms with Gasteiger partial charge in [0.25, 0.3) is 5.91 Å². The zero-order chi connectivity index (χ0) is 22.6. The van der Waals surface area contributed by atoms with E-state index in [4.69, 9.17) is 0 Å². The molecule has 2 aliphatic heterocycles. The standard InChI is InChI=1S/C22H24F3N5OS/c1-3-15-6-7-18(32-15)16-10-19(22(23,24)25)30-20(27-16)11-17(28-30)21(31)26-12-8-13-4-5-14(9-12)29(13)2/h6-7,10-14H,3-5,8-9H2,1-2H3,(H,26,31)/t13-,14-/m1/s1. The Morgan fingerprint density at radius 1 is 1.22 bits per heavy atom. The van der Waals surface area contributed by atoms with Crippen molar-refractivity contribution in [2.75, 3.05) is 7.05 Å². The van der Waals surface area contributed by atoms with Crippen LogP contribution in [-0.4, -0.2) is 50.6 Å². The molecule has 3 aromatic rings. The first-order chi connectivity index (χ1) is 15.2. The van der Waals surface area contributed by atoms with E-state index in [-0.39, 0.29) is 23.1 Å². The van der Waals surface area contributed by atoms with Crippen LogP contribution in [0.1, 0.15) is 53.7 Å². The maximum absolute atomic E-state index is 13.8. The van der Waals surface area contributed by atoms with Crippen LogP contribution in [0.2, 0.25) is 0 Å². The lowest BCUT2D eigenvalue weighted by Crippen LogP contribution is -2.48. The van der Waals surface area contributed by atoms with Gasteiger partial charge in [-0.2, -0.15) is 18.3 Å². The summed E-state index contributed by atoms with van der Waals surface area (Å²) in [5.74, 6) is -0.455. The molecule has 5 heterocycles. The number of nitrogens with one attached hydrogen (secondary N) is 1. The molecule has 0 spiro atoms. The van der Waals surface area contributed by atoms with Crippen molar-refractivity contribution in [1.82, 2.24) is 24.8 Å². The summed E-state index contributed by atoms with van der Waals surface area (Å²) in [5.41, 5.74) is -0.754. The fraction of sp³-hybridized carbons (Fsp3) is 0.500. The van der Waals surface area contributed by atoms with Gasteiger partial charge in [-0.15, -0.1) is 11.3 Å². The molecule has 32 heavy (non-hydrogen) atoms. The van der Waals surface area contributed by atoms with Crippen LogP contribution in [0.3, 0.4) is 0 Å². The van der Waals surface area contributed by atoms with Gasteiger partial charge in [0.05, 0.1) is 10.6 Å². The molecule has 0 unspecified atom stereocenters. The molecule has 2 fully saturated rings. The maximum atomic E-state index is 13.8. The summed E-state index contributed by atoms with van der Waals surface area (Å²) in [6, 6.07) is 6.91. The molecule has 1 N–H and O–H groups in total. The number of rotatable bonds is 4. The Bertz CT molecular complexity index is 1160. The second-order valence-corrected chi connectivity index (χ2v) is 9.80. The minimum Gasteiger partial charge on any atom is -0.348 e. The summed E-state index contributed by atoms with van der Waals surface area (Å²) in [7, 11) is 2.11. The number of hydrogen-bond acceptors (Lipinski definition) is 5. The molecule has 3 aromatic heterocycles. The molecule has 5 rings (SSSR count). The molecule has 2 saturated heterocycles. The average Bonchev–Trinajstić information content (AvgIpc) is 3.43. The van der Waals surface area contributed by atoms with E-state index < -0.39 is 17.8 Å².